The van der Waals surface area contributed by atoms with Gasteiger partial charge in [-0.25, -0.2) is 0 Å². The van der Waals surface area contributed by atoms with Crippen LogP contribution in [0, 0.1) is 6.92 Å². The molecule has 1 aliphatic rings. The third kappa shape index (κ3) is 3.60. The van der Waals surface area contributed by atoms with Crippen molar-refractivity contribution in [2.24, 2.45) is 0 Å². The van der Waals surface area contributed by atoms with Gasteiger partial charge in [-0.3, -0.25) is 4.18 Å². The molecule has 0 saturated carbocycles. The average Bonchev–Trinajstić information content (AvgIpc) is 2.54. The smallest absolute Gasteiger partial charge is 0.297 e. The van der Waals surface area contributed by atoms with E-state index < -0.39 is 16.2 Å². The van der Waals surface area contributed by atoms with E-state index in [2.05, 4.69) is 0 Å². The van der Waals surface area contributed by atoms with Gasteiger partial charge >= 0.3 is 0 Å². The van der Waals surface area contributed by atoms with Gasteiger partial charge < -0.3 is 9.47 Å². The summed E-state index contributed by atoms with van der Waals surface area (Å²) in [4.78, 5) is 0.110. The Bertz CT molecular complexity index is 802. The number of aryl methyl sites for hydroxylation is 1. The van der Waals surface area contributed by atoms with E-state index >= 15 is 0 Å². The van der Waals surface area contributed by atoms with Crippen LogP contribution in [0.3, 0.4) is 0 Å². The zero-order chi connectivity index (χ0) is 16.4. The van der Waals surface area contributed by atoms with Crippen LogP contribution in [0.5, 0.6) is 11.5 Å². The lowest BCUT2D eigenvalue weighted by molar-refractivity contribution is 0.0556. The Labute approximate surface area is 139 Å². The third-order valence-electron chi connectivity index (χ3n) is 3.36. The molecule has 2 aromatic carbocycles. The third-order valence-corrected chi connectivity index (χ3v) is 4.95. The zero-order valence-corrected chi connectivity index (χ0v) is 13.9. The lowest BCUT2D eigenvalue weighted by atomic mass is 10.2. The molecule has 0 saturated heterocycles. The highest BCUT2D eigenvalue weighted by Crippen LogP contribution is 2.38. The first kappa shape index (κ1) is 16.1. The van der Waals surface area contributed by atoms with Gasteiger partial charge in [0, 0.05) is 0 Å². The second kappa shape index (κ2) is 6.39. The minimum atomic E-state index is -3.83. The Morgan fingerprint density at radius 3 is 2.70 bits per heavy atom. The zero-order valence-electron chi connectivity index (χ0n) is 12.4. The largest absolute Gasteiger partial charge is 0.486 e. The lowest BCUT2D eigenvalue weighted by Gasteiger charge is -2.26. The molecule has 1 atom stereocenters. The van der Waals surface area contributed by atoms with E-state index in [1.807, 2.05) is 6.92 Å². The molecule has 1 unspecified atom stereocenters. The van der Waals surface area contributed by atoms with Gasteiger partial charge in [-0.1, -0.05) is 35.4 Å². The van der Waals surface area contributed by atoms with Crippen LogP contribution in [-0.4, -0.2) is 27.7 Å². The number of para-hydroxylation sites is 1. The first-order chi connectivity index (χ1) is 11.0. The highest BCUT2D eigenvalue weighted by molar-refractivity contribution is 7.86. The Morgan fingerprint density at radius 1 is 1.22 bits per heavy atom. The van der Waals surface area contributed by atoms with Crippen LogP contribution in [0.2, 0.25) is 5.02 Å². The van der Waals surface area contributed by atoms with Crippen LogP contribution in [0.1, 0.15) is 5.56 Å². The summed E-state index contributed by atoms with van der Waals surface area (Å²) < 4.78 is 40.6. The molecular weight excluding hydrogens is 340 g/mol. The first-order valence-corrected chi connectivity index (χ1v) is 8.78. The van der Waals surface area contributed by atoms with Crippen LogP contribution >= 0.6 is 11.6 Å². The summed E-state index contributed by atoms with van der Waals surface area (Å²) >= 11 is 6.04. The van der Waals surface area contributed by atoms with Crippen LogP contribution in [0.25, 0.3) is 0 Å². The maximum atomic E-state index is 12.2. The standard InChI is InChI=1S/C16H15ClO5S/c1-11-5-7-13(8-6-11)23(18,19)21-10-12-9-20-15-4-2-3-14(17)16(15)22-12/h2-8,12H,9-10H2,1H3. The second-order valence-electron chi connectivity index (χ2n) is 5.17. The monoisotopic (exact) mass is 354 g/mol. The van der Waals surface area contributed by atoms with E-state index in [0.29, 0.717) is 16.5 Å². The fraction of sp³-hybridized carbons (Fsp3) is 0.250. The van der Waals surface area contributed by atoms with E-state index in [1.165, 1.54) is 12.1 Å². The number of fused-ring (bicyclic) bond motifs is 1. The summed E-state index contributed by atoms with van der Waals surface area (Å²) in [6.07, 6.45) is -0.553. The van der Waals surface area contributed by atoms with Crippen LogP contribution in [-0.2, 0) is 14.3 Å². The molecule has 3 rings (SSSR count). The SMILES string of the molecule is Cc1ccc(S(=O)(=O)OCC2COc3cccc(Cl)c3O2)cc1. The molecule has 1 heterocycles. The van der Waals surface area contributed by atoms with Gasteiger partial charge in [-0.2, -0.15) is 8.42 Å². The molecule has 122 valence electrons. The van der Waals surface area contributed by atoms with Gasteiger partial charge in [0.15, 0.2) is 17.6 Å². The van der Waals surface area contributed by atoms with E-state index in [-0.39, 0.29) is 18.1 Å². The molecule has 0 aliphatic carbocycles. The number of benzene rings is 2. The molecule has 2 aromatic rings. The Morgan fingerprint density at radius 2 is 1.96 bits per heavy atom. The highest BCUT2D eigenvalue weighted by Gasteiger charge is 2.26. The number of rotatable bonds is 4. The molecule has 0 amide bonds. The maximum Gasteiger partial charge on any atom is 0.297 e. The first-order valence-electron chi connectivity index (χ1n) is 7.00. The van der Waals surface area contributed by atoms with Gasteiger partial charge in [-0.05, 0) is 31.2 Å². The van der Waals surface area contributed by atoms with Crippen molar-refractivity contribution in [3.8, 4) is 11.5 Å². The summed E-state index contributed by atoms with van der Waals surface area (Å²) in [5.41, 5.74) is 0.971. The molecule has 7 heteroatoms. The van der Waals surface area contributed by atoms with Gasteiger partial charge in [-0.15, -0.1) is 0 Å². The molecule has 0 N–H and O–H groups in total. The lowest BCUT2D eigenvalue weighted by Crippen LogP contribution is -2.34. The van der Waals surface area contributed by atoms with Crippen LogP contribution in [0.4, 0.5) is 0 Å². The van der Waals surface area contributed by atoms with Gasteiger partial charge in [0.1, 0.15) is 13.2 Å². The fourth-order valence-corrected chi connectivity index (χ4v) is 3.27. The predicted molar refractivity (Wildman–Crippen MR) is 85.7 cm³/mol. The molecule has 0 spiro atoms. The topological polar surface area (TPSA) is 61.8 Å². The average molecular weight is 355 g/mol. The van der Waals surface area contributed by atoms with Gasteiger partial charge in [0.2, 0.25) is 0 Å². The molecular formula is C16H15ClO5S. The maximum absolute atomic E-state index is 12.2. The summed E-state index contributed by atoms with van der Waals surface area (Å²) in [5, 5.41) is 0.411. The second-order valence-corrected chi connectivity index (χ2v) is 7.19. The molecule has 0 radical (unpaired) electrons. The Hall–Kier alpha value is -1.76. The van der Waals surface area contributed by atoms with Crippen molar-refractivity contribution in [3.63, 3.8) is 0 Å². The van der Waals surface area contributed by atoms with Crippen molar-refractivity contribution >= 4 is 21.7 Å². The number of hydrogen-bond acceptors (Lipinski definition) is 5. The van der Waals surface area contributed by atoms with Crippen molar-refractivity contribution in [1.82, 2.24) is 0 Å². The van der Waals surface area contributed by atoms with E-state index in [9.17, 15) is 8.42 Å². The molecule has 0 aromatic heterocycles. The minimum absolute atomic E-state index is 0.110. The predicted octanol–water partition coefficient (Wildman–Crippen LogP) is 3.19. The van der Waals surface area contributed by atoms with Crippen molar-refractivity contribution in [1.29, 1.82) is 0 Å². The number of halogens is 1. The molecule has 1 aliphatic heterocycles. The minimum Gasteiger partial charge on any atom is -0.486 e. The Balaban J connectivity index is 1.67. The van der Waals surface area contributed by atoms with Gasteiger partial charge in [0.05, 0.1) is 9.92 Å². The molecule has 0 fully saturated rings. The highest BCUT2D eigenvalue weighted by atomic mass is 35.5. The van der Waals surface area contributed by atoms with Crippen molar-refractivity contribution in [2.75, 3.05) is 13.2 Å². The van der Waals surface area contributed by atoms with Crippen LogP contribution < -0.4 is 9.47 Å². The van der Waals surface area contributed by atoms with E-state index in [4.69, 9.17) is 25.3 Å². The van der Waals surface area contributed by atoms with Crippen molar-refractivity contribution < 1.29 is 22.1 Å². The summed E-state index contributed by atoms with van der Waals surface area (Å²) in [5.74, 6) is 0.942. The molecule has 5 nitrogen and oxygen atoms in total. The normalized spacial score (nSPS) is 17.0. The van der Waals surface area contributed by atoms with Crippen molar-refractivity contribution in [3.05, 3.63) is 53.1 Å². The molecule has 0 bridgehead atoms. The van der Waals surface area contributed by atoms with Crippen molar-refractivity contribution in [2.45, 2.75) is 17.9 Å². The van der Waals surface area contributed by atoms with Gasteiger partial charge in [0.25, 0.3) is 10.1 Å². The quantitative estimate of drug-likeness (QED) is 0.789. The molecule has 23 heavy (non-hydrogen) atoms. The number of hydrogen-bond donors (Lipinski definition) is 0. The van der Waals surface area contributed by atoms with E-state index in [0.717, 1.165) is 5.56 Å². The van der Waals surface area contributed by atoms with Crippen LogP contribution in [0.15, 0.2) is 47.4 Å². The Kier molecular flexibility index (Phi) is 4.48. The summed E-state index contributed by atoms with van der Waals surface area (Å²) in [6.45, 7) is 1.92. The number of ether oxygens (including phenoxy) is 2. The summed E-state index contributed by atoms with van der Waals surface area (Å²) in [7, 11) is -3.83. The fourth-order valence-electron chi connectivity index (χ4n) is 2.12. The van der Waals surface area contributed by atoms with E-state index in [1.54, 1.807) is 30.3 Å². The summed E-state index contributed by atoms with van der Waals surface area (Å²) in [6, 6.07) is 11.6.